The van der Waals surface area contributed by atoms with Gasteiger partial charge in [-0.15, -0.1) is 0 Å². The lowest BCUT2D eigenvalue weighted by Crippen LogP contribution is -2.30. The van der Waals surface area contributed by atoms with Crippen molar-refractivity contribution in [3.8, 4) is 0 Å². The minimum absolute atomic E-state index is 0.0782. The van der Waals surface area contributed by atoms with Crippen LogP contribution in [0.4, 0.5) is 0 Å². The summed E-state index contributed by atoms with van der Waals surface area (Å²) in [4.78, 5) is 38.2. The largest absolute Gasteiger partial charge is 0.462 e. The molecule has 0 saturated carbocycles. The summed E-state index contributed by atoms with van der Waals surface area (Å²) >= 11 is 0. The van der Waals surface area contributed by atoms with Gasteiger partial charge in [-0.05, 0) is 83.5 Å². The Morgan fingerprint density at radius 1 is 0.304 bits per heavy atom. The lowest BCUT2D eigenvalue weighted by molar-refractivity contribution is -0.167. The van der Waals surface area contributed by atoms with E-state index in [9.17, 15) is 14.4 Å². The average Bonchev–Trinajstić information content (AvgIpc) is 3.35. The highest BCUT2D eigenvalue weighted by Gasteiger charge is 2.19. The molecule has 6 nitrogen and oxygen atoms in total. The zero-order valence-electron chi connectivity index (χ0n) is 45.8. The number of esters is 3. The molecule has 0 aromatic heterocycles. The topological polar surface area (TPSA) is 78.9 Å². The van der Waals surface area contributed by atoms with Crippen LogP contribution in [0.25, 0.3) is 0 Å². The molecule has 0 aromatic carbocycles. The molecule has 0 aliphatic carbocycles. The molecule has 0 radical (unpaired) electrons. The smallest absolute Gasteiger partial charge is 0.306 e. The molecule has 0 spiro atoms. The van der Waals surface area contributed by atoms with E-state index in [1.807, 2.05) is 0 Å². The third-order valence-electron chi connectivity index (χ3n) is 13.0. The first-order valence-corrected chi connectivity index (χ1v) is 29.8. The zero-order chi connectivity index (χ0) is 50.0. The van der Waals surface area contributed by atoms with Gasteiger partial charge in [0.2, 0.25) is 0 Å². The van der Waals surface area contributed by atoms with Crippen molar-refractivity contribution in [3.63, 3.8) is 0 Å². The van der Waals surface area contributed by atoms with E-state index >= 15 is 0 Å². The summed E-state index contributed by atoms with van der Waals surface area (Å²) < 4.78 is 16.9. The van der Waals surface area contributed by atoms with Gasteiger partial charge in [-0.1, -0.05) is 261 Å². The number of rotatable bonds is 54. The second-order valence-corrected chi connectivity index (χ2v) is 19.9. The molecule has 1 unspecified atom stereocenters. The molecule has 0 bridgehead atoms. The lowest BCUT2D eigenvalue weighted by atomic mass is 10.0. The lowest BCUT2D eigenvalue weighted by Gasteiger charge is -2.18. The fourth-order valence-electron chi connectivity index (χ4n) is 8.55. The van der Waals surface area contributed by atoms with E-state index in [0.29, 0.717) is 19.3 Å². The normalized spacial score (nSPS) is 12.4. The van der Waals surface area contributed by atoms with Crippen molar-refractivity contribution in [1.82, 2.24) is 0 Å². The van der Waals surface area contributed by atoms with Crippen LogP contribution in [0, 0.1) is 0 Å². The standard InChI is InChI=1S/C63H112O6/c1-4-7-10-13-16-19-22-25-28-30-31-32-33-34-36-38-41-44-47-50-53-56-62(65)68-59-60(58-67-61(64)55-52-49-46-43-40-37-27-24-21-18-15-12-9-6-3)69-63(66)57-54-51-48-45-42-39-35-29-26-23-20-17-14-11-8-5-2/h7,10,16,19,24-25,27-28,31-32,60H,4-6,8-9,11-15,17-18,20-23,26,29-30,33-59H2,1-3H3/b10-7-,19-16-,27-24-,28-25-,32-31-. The molecule has 1 atom stereocenters. The van der Waals surface area contributed by atoms with Crippen molar-refractivity contribution >= 4 is 17.9 Å². The fraction of sp³-hybridized carbons (Fsp3) is 0.794. The Kier molecular flexibility index (Phi) is 55.3. The van der Waals surface area contributed by atoms with Gasteiger partial charge < -0.3 is 14.2 Å². The summed E-state index contributed by atoms with van der Waals surface area (Å²) in [7, 11) is 0. The molecule has 0 rings (SSSR count). The van der Waals surface area contributed by atoms with Gasteiger partial charge in [0.25, 0.3) is 0 Å². The highest BCUT2D eigenvalue weighted by molar-refractivity contribution is 5.71. The fourth-order valence-corrected chi connectivity index (χ4v) is 8.55. The van der Waals surface area contributed by atoms with Crippen LogP contribution in [0.1, 0.15) is 303 Å². The summed E-state index contributed by atoms with van der Waals surface area (Å²) in [5.41, 5.74) is 0. The van der Waals surface area contributed by atoms with Crippen molar-refractivity contribution in [2.75, 3.05) is 13.2 Å². The predicted molar refractivity (Wildman–Crippen MR) is 298 cm³/mol. The quantitative estimate of drug-likeness (QED) is 0.0262. The van der Waals surface area contributed by atoms with Gasteiger partial charge in [0, 0.05) is 19.3 Å². The Balaban J connectivity index is 4.35. The zero-order valence-corrected chi connectivity index (χ0v) is 45.8. The van der Waals surface area contributed by atoms with Gasteiger partial charge in [0.1, 0.15) is 13.2 Å². The number of allylic oxidation sites excluding steroid dienone is 10. The molecule has 0 aliphatic rings. The molecule has 69 heavy (non-hydrogen) atoms. The number of ether oxygens (including phenoxy) is 3. The predicted octanol–water partition coefficient (Wildman–Crippen LogP) is 20.0. The summed E-state index contributed by atoms with van der Waals surface area (Å²) in [6, 6.07) is 0. The van der Waals surface area contributed by atoms with Gasteiger partial charge in [-0.2, -0.15) is 0 Å². The Morgan fingerprint density at radius 3 is 0.899 bits per heavy atom. The van der Waals surface area contributed by atoms with Crippen LogP contribution in [-0.4, -0.2) is 37.2 Å². The van der Waals surface area contributed by atoms with E-state index in [1.54, 1.807) is 0 Å². The number of hydrogen-bond donors (Lipinski definition) is 0. The van der Waals surface area contributed by atoms with E-state index in [2.05, 4.69) is 81.5 Å². The molecule has 0 heterocycles. The molecule has 6 heteroatoms. The minimum Gasteiger partial charge on any atom is -0.462 e. The molecular weight excluding hydrogens is 853 g/mol. The van der Waals surface area contributed by atoms with Crippen molar-refractivity contribution in [2.24, 2.45) is 0 Å². The Morgan fingerprint density at radius 2 is 0.565 bits per heavy atom. The molecule has 0 saturated heterocycles. The molecule has 0 aromatic rings. The van der Waals surface area contributed by atoms with Crippen LogP contribution >= 0.6 is 0 Å². The number of unbranched alkanes of at least 4 members (excludes halogenated alkanes) is 33. The van der Waals surface area contributed by atoms with Gasteiger partial charge in [0.05, 0.1) is 0 Å². The minimum atomic E-state index is -0.779. The maximum atomic E-state index is 12.9. The third-order valence-corrected chi connectivity index (χ3v) is 13.0. The Hall–Kier alpha value is -2.89. The maximum absolute atomic E-state index is 12.9. The highest BCUT2D eigenvalue weighted by Crippen LogP contribution is 2.16. The second kappa shape index (κ2) is 57.7. The average molecular weight is 966 g/mol. The summed E-state index contributed by atoms with van der Waals surface area (Å²) in [5, 5.41) is 0. The summed E-state index contributed by atoms with van der Waals surface area (Å²) in [5.74, 6) is -0.879. The maximum Gasteiger partial charge on any atom is 0.306 e. The molecule has 0 aliphatic heterocycles. The number of carbonyl (C=O) groups is 3. The van der Waals surface area contributed by atoms with E-state index in [1.165, 1.54) is 167 Å². The van der Waals surface area contributed by atoms with Crippen LogP contribution < -0.4 is 0 Å². The van der Waals surface area contributed by atoms with Gasteiger partial charge in [-0.25, -0.2) is 0 Å². The third kappa shape index (κ3) is 55.9. The molecule has 0 fully saturated rings. The molecule has 0 N–H and O–H groups in total. The molecular formula is C63H112O6. The first-order valence-electron chi connectivity index (χ1n) is 29.8. The van der Waals surface area contributed by atoms with Crippen LogP contribution in [0.3, 0.4) is 0 Å². The van der Waals surface area contributed by atoms with Crippen LogP contribution in [0.15, 0.2) is 60.8 Å². The van der Waals surface area contributed by atoms with Gasteiger partial charge >= 0.3 is 17.9 Å². The van der Waals surface area contributed by atoms with E-state index in [4.69, 9.17) is 14.2 Å². The van der Waals surface area contributed by atoms with Crippen molar-refractivity contribution in [1.29, 1.82) is 0 Å². The van der Waals surface area contributed by atoms with E-state index < -0.39 is 6.10 Å². The monoisotopic (exact) mass is 965 g/mol. The second-order valence-electron chi connectivity index (χ2n) is 19.9. The number of carbonyl (C=O) groups excluding carboxylic acids is 3. The van der Waals surface area contributed by atoms with Gasteiger partial charge in [-0.3, -0.25) is 14.4 Å². The first-order chi connectivity index (χ1) is 34.0. The van der Waals surface area contributed by atoms with E-state index in [0.717, 1.165) is 96.3 Å². The molecule has 0 amide bonds. The Labute approximate surface area is 428 Å². The summed E-state index contributed by atoms with van der Waals surface area (Å²) in [6.07, 6.45) is 72.1. The summed E-state index contributed by atoms with van der Waals surface area (Å²) in [6.45, 7) is 6.54. The van der Waals surface area contributed by atoms with Crippen LogP contribution in [0.2, 0.25) is 0 Å². The van der Waals surface area contributed by atoms with Crippen molar-refractivity contribution < 1.29 is 28.6 Å². The SMILES string of the molecule is CC/C=C\C/C=C\C/C=C\C/C=C\CCCCCCCCCCC(=O)OCC(COC(=O)CCCCCCC/C=C\CCCCCCC)OC(=O)CCCCCCCCCCCCCCCCCC. The van der Waals surface area contributed by atoms with Crippen LogP contribution in [-0.2, 0) is 28.6 Å². The van der Waals surface area contributed by atoms with E-state index in [-0.39, 0.29) is 31.1 Å². The van der Waals surface area contributed by atoms with Crippen molar-refractivity contribution in [3.05, 3.63) is 60.8 Å². The highest BCUT2D eigenvalue weighted by atomic mass is 16.6. The van der Waals surface area contributed by atoms with Crippen molar-refractivity contribution in [2.45, 2.75) is 309 Å². The van der Waals surface area contributed by atoms with Gasteiger partial charge in [0.15, 0.2) is 6.10 Å². The number of hydrogen-bond acceptors (Lipinski definition) is 6. The Bertz CT molecular complexity index is 1250. The first kappa shape index (κ1) is 66.1. The van der Waals surface area contributed by atoms with Crippen LogP contribution in [0.5, 0.6) is 0 Å². The molecule has 400 valence electrons.